The summed E-state index contributed by atoms with van der Waals surface area (Å²) in [6, 6.07) is 0.866. The van der Waals surface area contributed by atoms with E-state index in [-0.39, 0.29) is 0 Å². The van der Waals surface area contributed by atoms with Crippen LogP contribution in [0.3, 0.4) is 0 Å². The van der Waals surface area contributed by atoms with E-state index in [1.165, 1.54) is 45.1 Å². The summed E-state index contributed by atoms with van der Waals surface area (Å²) in [5, 5.41) is 9.86. The van der Waals surface area contributed by atoms with Gasteiger partial charge in [0.25, 0.3) is 0 Å². The second-order valence-corrected chi connectivity index (χ2v) is 5.50. The molecule has 5 nitrogen and oxygen atoms in total. The SMILES string of the molecule is NC(=O)NCCNC1CCCCC1C1CCCN1. The Labute approximate surface area is 109 Å². The summed E-state index contributed by atoms with van der Waals surface area (Å²) in [5.41, 5.74) is 5.05. The molecular formula is C13H26N4O. The molecule has 1 aliphatic carbocycles. The third-order valence-electron chi connectivity index (χ3n) is 4.27. The summed E-state index contributed by atoms with van der Waals surface area (Å²) in [5.74, 6) is 0.759. The van der Waals surface area contributed by atoms with Crippen LogP contribution in [0.25, 0.3) is 0 Å². The summed E-state index contributed by atoms with van der Waals surface area (Å²) in [7, 11) is 0. The van der Waals surface area contributed by atoms with E-state index in [1.807, 2.05) is 0 Å². The van der Waals surface area contributed by atoms with Crippen molar-refractivity contribution >= 4 is 6.03 Å². The first kappa shape index (κ1) is 13.6. The first-order chi connectivity index (χ1) is 8.77. The maximum Gasteiger partial charge on any atom is 0.312 e. The molecule has 3 atom stereocenters. The Morgan fingerprint density at radius 2 is 2.00 bits per heavy atom. The van der Waals surface area contributed by atoms with E-state index in [0.29, 0.717) is 18.6 Å². The van der Waals surface area contributed by atoms with Gasteiger partial charge in [-0.1, -0.05) is 12.8 Å². The normalized spacial score (nSPS) is 32.3. The second kappa shape index (κ2) is 6.95. The minimum absolute atomic E-state index is 0.436. The van der Waals surface area contributed by atoms with Crippen molar-refractivity contribution in [3.05, 3.63) is 0 Å². The van der Waals surface area contributed by atoms with Crippen LogP contribution in [0.15, 0.2) is 0 Å². The average molecular weight is 254 g/mol. The number of urea groups is 1. The Morgan fingerprint density at radius 1 is 1.17 bits per heavy atom. The molecule has 1 aliphatic heterocycles. The van der Waals surface area contributed by atoms with Crippen molar-refractivity contribution in [2.24, 2.45) is 11.7 Å². The fourth-order valence-corrected chi connectivity index (χ4v) is 3.41. The number of nitrogens with two attached hydrogens (primary N) is 1. The van der Waals surface area contributed by atoms with Gasteiger partial charge >= 0.3 is 6.03 Å². The standard InChI is InChI=1S/C13H26N4O/c14-13(18)17-9-8-16-11-5-2-1-4-10(11)12-6-3-7-15-12/h10-12,15-16H,1-9H2,(H3,14,17,18). The Bertz CT molecular complexity index is 266. The van der Waals surface area contributed by atoms with E-state index in [4.69, 9.17) is 5.73 Å². The first-order valence-electron chi connectivity index (χ1n) is 7.27. The van der Waals surface area contributed by atoms with Gasteiger partial charge in [-0.15, -0.1) is 0 Å². The lowest BCUT2D eigenvalue weighted by Crippen LogP contribution is -2.48. The van der Waals surface area contributed by atoms with Crippen molar-refractivity contribution in [2.45, 2.75) is 50.6 Å². The van der Waals surface area contributed by atoms with Crippen molar-refractivity contribution in [1.82, 2.24) is 16.0 Å². The van der Waals surface area contributed by atoms with Gasteiger partial charge < -0.3 is 21.7 Å². The lowest BCUT2D eigenvalue weighted by atomic mass is 9.79. The molecule has 0 aromatic heterocycles. The zero-order valence-corrected chi connectivity index (χ0v) is 11.1. The van der Waals surface area contributed by atoms with Gasteiger partial charge in [-0.05, 0) is 38.1 Å². The number of carbonyl (C=O) groups is 1. The monoisotopic (exact) mass is 254 g/mol. The van der Waals surface area contributed by atoms with Crippen LogP contribution in [0.5, 0.6) is 0 Å². The van der Waals surface area contributed by atoms with Gasteiger partial charge in [0.2, 0.25) is 0 Å². The van der Waals surface area contributed by atoms with Crippen molar-refractivity contribution in [3.8, 4) is 0 Å². The fourth-order valence-electron chi connectivity index (χ4n) is 3.41. The molecule has 0 aromatic rings. The van der Waals surface area contributed by atoms with E-state index < -0.39 is 6.03 Å². The Balaban J connectivity index is 1.74. The number of hydrogen-bond donors (Lipinski definition) is 4. The van der Waals surface area contributed by atoms with Gasteiger partial charge in [0, 0.05) is 25.2 Å². The van der Waals surface area contributed by atoms with Crippen molar-refractivity contribution < 1.29 is 4.79 Å². The number of carbonyl (C=O) groups excluding carboxylic acids is 1. The third kappa shape index (κ3) is 3.85. The van der Waals surface area contributed by atoms with Gasteiger partial charge in [-0.3, -0.25) is 0 Å². The number of amides is 2. The van der Waals surface area contributed by atoms with Crippen LogP contribution in [-0.4, -0.2) is 37.7 Å². The summed E-state index contributed by atoms with van der Waals surface area (Å²) >= 11 is 0. The summed E-state index contributed by atoms with van der Waals surface area (Å²) in [4.78, 5) is 10.6. The predicted molar refractivity (Wildman–Crippen MR) is 72.4 cm³/mol. The number of hydrogen-bond acceptors (Lipinski definition) is 3. The quantitative estimate of drug-likeness (QED) is 0.541. The highest BCUT2D eigenvalue weighted by Crippen LogP contribution is 2.30. The molecule has 104 valence electrons. The van der Waals surface area contributed by atoms with Crippen molar-refractivity contribution in [3.63, 3.8) is 0 Å². The van der Waals surface area contributed by atoms with Crippen LogP contribution in [0.2, 0.25) is 0 Å². The van der Waals surface area contributed by atoms with E-state index in [0.717, 1.165) is 12.5 Å². The largest absolute Gasteiger partial charge is 0.352 e. The molecular weight excluding hydrogens is 228 g/mol. The highest BCUT2D eigenvalue weighted by molar-refractivity contribution is 5.71. The molecule has 18 heavy (non-hydrogen) atoms. The molecule has 2 fully saturated rings. The molecule has 2 aliphatic rings. The lowest BCUT2D eigenvalue weighted by molar-refractivity contribution is 0.214. The Hall–Kier alpha value is -0.810. The molecule has 5 heteroatoms. The van der Waals surface area contributed by atoms with Crippen LogP contribution in [0.1, 0.15) is 38.5 Å². The van der Waals surface area contributed by atoms with E-state index in [9.17, 15) is 4.79 Å². The van der Waals surface area contributed by atoms with Crippen LogP contribution in [-0.2, 0) is 0 Å². The zero-order valence-electron chi connectivity index (χ0n) is 11.1. The topological polar surface area (TPSA) is 79.2 Å². The molecule has 1 saturated heterocycles. The van der Waals surface area contributed by atoms with Gasteiger partial charge in [0.15, 0.2) is 0 Å². The van der Waals surface area contributed by atoms with Crippen LogP contribution in [0.4, 0.5) is 4.79 Å². The van der Waals surface area contributed by atoms with Gasteiger partial charge in [-0.25, -0.2) is 4.79 Å². The van der Waals surface area contributed by atoms with Crippen LogP contribution in [0, 0.1) is 5.92 Å². The van der Waals surface area contributed by atoms with E-state index in [1.54, 1.807) is 0 Å². The molecule has 3 unspecified atom stereocenters. The van der Waals surface area contributed by atoms with Crippen LogP contribution < -0.4 is 21.7 Å². The molecule has 1 heterocycles. The smallest absolute Gasteiger partial charge is 0.312 e. The molecule has 1 saturated carbocycles. The number of primary amides is 1. The molecule has 0 spiro atoms. The van der Waals surface area contributed by atoms with Gasteiger partial charge in [0.05, 0.1) is 0 Å². The maximum atomic E-state index is 10.6. The zero-order chi connectivity index (χ0) is 12.8. The third-order valence-corrected chi connectivity index (χ3v) is 4.27. The summed E-state index contributed by atoms with van der Waals surface area (Å²) in [6.45, 7) is 2.62. The van der Waals surface area contributed by atoms with Crippen molar-refractivity contribution in [1.29, 1.82) is 0 Å². The Morgan fingerprint density at radius 3 is 2.72 bits per heavy atom. The highest BCUT2D eigenvalue weighted by atomic mass is 16.2. The summed E-state index contributed by atoms with van der Waals surface area (Å²) < 4.78 is 0. The first-order valence-corrected chi connectivity index (χ1v) is 7.27. The van der Waals surface area contributed by atoms with Gasteiger partial charge in [-0.2, -0.15) is 0 Å². The molecule has 0 aromatic carbocycles. The van der Waals surface area contributed by atoms with Gasteiger partial charge in [0.1, 0.15) is 0 Å². The molecule has 5 N–H and O–H groups in total. The average Bonchev–Trinajstić information content (AvgIpc) is 2.88. The predicted octanol–water partition coefficient (Wildman–Crippen LogP) is 0.555. The fraction of sp³-hybridized carbons (Fsp3) is 0.923. The summed E-state index contributed by atoms with van der Waals surface area (Å²) in [6.07, 6.45) is 7.92. The van der Waals surface area contributed by atoms with E-state index in [2.05, 4.69) is 16.0 Å². The van der Waals surface area contributed by atoms with E-state index >= 15 is 0 Å². The molecule has 2 amide bonds. The molecule has 2 rings (SSSR count). The minimum atomic E-state index is -0.436. The second-order valence-electron chi connectivity index (χ2n) is 5.50. The van der Waals surface area contributed by atoms with Crippen molar-refractivity contribution in [2.75, 3.05) is 19.6 Å². The number of rotatable bonds is 5. The Kier molecular flexibility index (Phi) is 5.26. The molecule has 0 bridgehead atoms. The number of nitrogens with one attached hydrogen (secondary N) is 3. The molecule has 0 radical (unpaired) electrons. The maximum absolute atomic E-state index is 10.6. The highest BCUT2D eigenvalue weighted by Gasteiger charge is 2.32. The minimum Gasteiger partial charge on any atom is -0.352 e. The van der Waals surface area contributed by atoms with Crippen LogP contribution >= 0.6 is 0 Å². The lowest BCUT2D eigenvalue weighted by Gasteiger charge is -2.36.